The van der Waals surface area contributed by atoms with Crippen LogP contribution in [0.3, 0.4) is 0 Å². The van der Waals surface area contributed by atoms with Gasteiger partial charge in [-0.15, -0.1) is 12.4 Å². The van der Waals surface area contributed by atoms with Crippen LogP contribution in [0.25, 0.3) is 0 Å². The predicted molar refractivity (Wildman–Crippen MR) is 28.7 cm³/mol. The quantitative estimate of drug-likeness (QED) is 0.463. The van der Waals surface area contributed by atoms with Crippen LogP contribution in [0.2, 0.25) is 0 Å². The lowest BCUT2D eigenvalue weighted by Gasteiger charge is -1.76. The number of nitrogens with one attached hydrogen (secondary N) is 1. The molecule has 0 fully saturated rings. The number of carbonyl (C=O) groups excluding carboxylic acids is 1. The number of rotatable bonds is 0. The molecule has 0 aromatic heterocycles. The first kappa shape index (κ1) is 6.43. The maximum atomic E-state index is 10.0. The zero-order valence-electron chi connectivity index (χ0n) is 3.55. The molecule has 0 aliphatic carbocycles. The third-order valence-corrected chi connectivity index (χ3v) is 0.552. The third kappa shape index (κ3) is 1.55. The number of halogens is 1. The van der Waals surface area contributed by atoms with Crippen LogP contribution in [0.15, 0.2) is 4.99 Å². The van der Waals surface area contributed by atoms with E-state index in [1.807, 2.05) is 0 Å². The Labute approximate surface area is 47.2 Å². The minimum absolute atomic E-state index is 0. The Morgan fingerprint density at radius 2 is 2.57 bits per heavy atom. The van der Waals surface area contributed by atoms with Gasteiger partial charge in [0.05, 0.1) is 6.34 Å². The Morgan fingerprint density at radius 3 is 2.71 bits per heavy atom. The summed E-state index contributed by atoms with van der Waals surface area (Å²) in [6.45, 7) is 0.306. The minimum Gasteiger partial charge on any atom is -0.316 e. The molecule has 0 aromatic rings. The molecule has 0 spiro atoms. The molecule has 1 amide bonds. The second kappa shape index (κ2) is 2.58. The van der Waals surface area contributed by atoms with Crippen molar-refractivity contribution in [1.29, 1.82) is 0 Å². The second-order valence-corrected chi connectivity index (χ2v) is 1.04. The predicted octanol–water partition coefficient (Wildman–Crippen LogP) is -0.434. The van der Waals surface area contributed by atoms with Gasteiger partial charge in [-0.3, -0.25) is 9.79 Å². The number of hydrogen-bond donors (Lipinski definition) is 1. The average molecular weight is 121 g/mol. The summed E-state index contributed by atoms with van der Waals surface area (Å²) in [5.74, 6) is -0.0185. The van der Waals surface area contributed by atoms with Gasteiger partial charge in [0.15, 0.2) is 0 Å². The minimum atomic E-state index is -0.0185. The van der Waals surface area contributed by atoms with E-state index in [1.54, 1.807) is 0 Å². The normalized spacial score (nSPS) is 15.7. The van der Waals surface area contributed by atoms with Crippen molar-refractivity contribution < 1.29 is 4.79 Å². The van der Waals surface area contributed by atoms with Crippen molar-refractivity contribution in [2.45, 2.75) is 0 Å². The van der Waals surface area contributed by atoms with Gasteiger partial charge in [0, 0.05) is 0 Å². The molecule has 0 aromatic carbocycles. The molecule has 0 saturated carbocycles. The Kier molecular flexibility index (Phi) is 2.37. The van der Waals surface area contributed by atoms with Gasteiger partial charge < -0.3 is 5.32 Å². The molecule has 1 aliphatic rings. The summed E-state index contributed by atoms with van der Waals surface area (Å²) in [6.07, 6.45) is 1.41. The molecular weight excluding hydrogens is 115 g/mol. The largest absolute Gasteiger partial charge is 0.316 e. The number of amides is 1. The van der Waals surface area contributed by atoms with E-state index in [2.05, 4.69) is 10.3 Å². The van der Waals surface area contributed by atoms with Gasteiger partial charge in [0.1, 0.15) is 6.54 Å². The molecule has 4 heteroatoms. The molecule has 1 rings (SSSR count). The summed E-state index contributed by atoms with van der Waals surface area (Å²) in [5.41, 5.74) is 0. The maximum Gasteiger partial charge on any atom is 0.246 e. The maximum absolute atomic E-state index is 10.0. The summed E-state index contributed by atoms with van der Waals surface area (Å²) in [6, 6.07) is 0. The summed E-state index contributed by atoms with van der Waals surface area (Å²) in [7, 11) is 0. The highest BCUT2D eigenvalue weighted by Crippen LogP contribution is 1.73. The standard InChI is InChI=1S/C3H4N2O.ClH/c6-3-1-4-2-5-3;/h2H,1H2,(H,4,5,6);1H. The Bertz CT molecular complexity index is 91.1. The first-order valence-corrected chi connectivity index (χ1v) is 1.67. The Balaban J connectivity index is 0.000000360. The molecule has 7 heavy (non-hydrogen) atoms. The molecule has 1 heterocycles. The van der Waals surface area contributed by atoms with Gasteiger partial charge >= 0.3 is 0 Å². The first-order chi connectivity index (χ1) is 2.89. The number of carbonyl (C=O) groups is 1. The average Bonchev–Trinajstić information content (AvgIpc) is 1.86. The van der Waals surface area contributed by atoms with Crippen molar-refractivity contribution in [3.05, 3.63) is 0 Å². The van der Waals surface area contributed by atoms with Crippen molar-refractivity contribution in [2.75, 3.05) is 6.54 Å². The smallest absolute Gasteiger partial charge is 0.246 e. The fourth-order valence-electron chi connectivity index (χ4n) is 0.292. The Hall–Kier alpha value is -0.570. The lowest BCUT2D eigenvalue weighted by molar-refractivity contribution is -0.117. The van der Waals surface area contributed by atoms with E-state index in [1.165, 1.54) is 6.34 Å². The van der Waals surface area contributed by atoms with Crippen molar-refractivity contribution >= 4 is 24.7 Å². The summed E-state index contributed by atoms with van der Waals surface area (Å²) >= 11 is 0. The molecule has 0 radical (unpaired) electrons. The molecule has 3 nitrogen and oxygen atoms in total. The molecule has 0 atom stereocenters. The van der Waals surface area contributed by atoms with Gasteiger partial charge in [-0.2, -0.15) is 0 Å². The molecule has 40 valence electrons. The Morgan fingerprint density at radius 1 is 1.86 bits per heavy atom. The summed E-state index contributed by atoms with van der Waals surface area (Å²) < 4.78 is 0. The van der Waals surface area contributed by atoms with Crippen LogP contribution in [-0.2, 0) is 4.79 Å². The lowest BCUT2D eigenvalue weighted by Crippen LogP contribution is -2.15. The van der Waals surface area contributed by atoms with Gasteiger partial charge in [0.2, 0.25) is 5.91 Å². The number of hydrogen-bond acceptors (Lipinski definition) is 2. The molecule has 0 unspecified atom stereocenters. The van der Waals surface area contributed by atoms with E-state index in [4.69, 9.17) is 0 Å². The topological polar surface area (TPSA) is 41.5 Å². The van der Waals surface area contributed by atoms with E-state index < -0.39 is 0 Å². The second-order valence-electron chi connectivity index (χ2n) is 1.04. The molecule has 1 N–H and O–H groups in total. The van der Waals surface area contributed by atoms with Crippen molar-refractivity contribution in [3.8, 4) is 0 Å². The highest BCUT2D eigenvalue weighted by molar-refractivity contribution is 5.93. The van der Waals surface area contributed by atoms with Gasteiger partial charge in [-0.05, 0) is 0 Å². The highest BCUT2D eigenvalue weighted by atomic mass is 35.5. The third-order valence-electron chi connectivity index (χ3n) is 0.552. The van der Waals surface area contributed by atoms with Crippen LogP contribution in [0, 0.1) is 0 Å². The monoisotopic (exact) mass is 120 g/mol. The molecule has 1 aliphatic heterocycles. The highest BCUT2D eigenvalue weighted by Gasteiger charge is 1.98. The molecule has 0 bridgehead atoms. The van der Waals surface area contributed by atoms with Crippen LogP contribution < -0.4 is 5.32 Å². The van der Waals surface area contributed by atoms with Gasteiger partial charge in [0.25, 0.3) is 0 Å². The van der Waals surface area contributed by atoms with Crippen LogP contribution in [0.5, 0.6) is 0 Å². The lowest BCUT2D eigenvalue weighted by atomic mass is 10.7. The summed E-state index contributed by atoms with van der Waals surface area (Å²) in [5, 5.41) is 2.39. The number of nitrogens with zero attached hydrogens (tertiary/aromatic N) is 1. The van der Waals surface area contributed by atoms with Gasteiger partial charge in [-0.25, -0.2) is 0 Å². The van der Waals surface area contributed by atoms with Crippen molar-refractivity contribution in [3.63, 3.8) is 0 Å². The van der Waals surface area contributed by atoms with E-state index in [9.17, 15) is 4.79 Å². The zero-order valence-corrected chi connectivity index (χ0v) is 4.36. The van der Waals surface area contributed by atoms with Crippen LogP contribution in [0.1, 0.15) is 0 Å². The SMILES string of the molecule is Cl.O=C1CN=CN1. The summed E-state index contributed by atoms with van der Waals surface area (Å²) in [4.78, 5) is 13.6. The van der Waals surface area contributed by atoms with E-state index in [0.29, 0.717) is 6.54 Å². The van der Waals surface area contributed by atoms with Crippen molar-refractivity contribution in [1.82, 2.24) is 5.32 Å². The van der Waals surface area contributed by atoms with Crippen LogP contribution in [0.4, 0.5) is 0 Å². The van der Waals surface area contributed by atoms with Crippen LogP contribution in [-0.4, -0.2) is 18.8 Å². The van der Waals surface area contributed by atoms with E-state index >= 15 is 0 Å². The zero-order chi connectivity index (χ0) is 4.41. The van der Waals surface area contributed by atoms with E-state index in [-0.39, 0.29) is 18.3 Å². The first-order valence-electron chi connectivity index (χ1n) is 1.67. The van der Waals surface area contributed by atoms with Crippen molar-refractivity contribution in [2.24, 2.45) is 4.99 Å². The van der Waals surface area contributed by atoms with Gasteiger partial charge in [-0.1, -0.05) is 0 Å². The van der Waals surface area contributed by atoms with E-state index in [0.717, 1.165) is 0 Å². The van der Waals surface area contributed by atoms with Crippen LogP contribution >= 0.6 is 12.4 Å². The fraction of sp³-hybridized carbons (Fsp3) is 0.333. The molecular formula is C3H5ClN2O. The fourth-order valence-corrected chi connectivity index (χ4v) is 0.292. The number of aliphatic imine (C=N–C) groups is 1. The molecule has 0 saturated heterocycles.